The summed E-state index contributed by atoms with van der Waals surface area (Å²) in [5, 5.41) is 44.6. The molecule has 0 amide bonds. The summed E-state index contributed by atoms with van der Waals surface area (Å²) >= 11 is 12.2. The summed E-state index contributed by atoms with van der Waals surface area (Å²) in [7, 11) is 0. The molecular weight excluding hydrogens is 552 g/mol. The first kappa shape index (κ1) is 28.8. The van der Waals surface area contributed by atoms with Gasteiger partial charge >= 0.3 is 11.9 Å². The van der Waals surface area contributed by atoms with Gasteiger partial charge in [0.05, 0.1) is 21.9 Å². The zero-order chi connectivity index (χ0) is 28.1. The van der Waals surface area contributed by atoms with Crippen LogP contribution in [0.4, 0.5) is 10.1 Å². The van der Waals surface area contributed by atoms with Gasteiger partial charge in [0.2, 0.25) is 0 Å². The van der Waals surface area contributed by atoms with E-state index in [9.17, 15) is 34.1 Å². The number of halogens is 3. The smallest absolute Gasteiger partial charge is 0.340 e. The second-order valence-electron chi connectivity index (χ2n) is 7.77. The topological polar surface area (TPSA) is 180 Å². The van der Waals surface area contributed by atoms with E-state index < -0.39 is 48.5 Å². The van der Waals surface area contributed by atoms with Crippen molar-refractivity contribution in [1.29, 1.82) is 0 Å². The summed E-state index contributed by atoms with van der Waals surface area (Å²) in [6.07, 6.45) is -5.19. The van der Waals surface area contributed by atoms with Gasteiger partial charge in [-0.3, -0.25) is 4.79 Å². The molecule has 2 aromatic carbocycles. The van der Waals surface area contributed by atoms with Crippen LogP contribution in [0.15, 0.2) is 47.4 Å². The van der Waals surface area contributed by atoms with Gasteiger partial charge in [0.25, 0.3) is 5.56 Å². The van der Waals surface area contributed by atoms with Crippen LogP contribution in [0.5, 0.6) is 11.5 Å². The molecule has 12 nitrogen and oxygen atoms in total. The second kappa shape index (κ2) is 12.2. The lowest BCUT2D eigenvalue weighted by molar-refractivity contribution is -0.172. The number of aliphatic hydroxyl groups is 3. The molecule has 0 aliphatic heterocycles. The SMILES string of the molecule is Cc1cc(F)ccc1Oc1cc(Cl)c(Cl)cc1C(O)Nc1cnn(COC(=O)C(O)C(O)C(=O)O)c(=O)c1. The molecule has 38 heavy (non-hydrogen) atoms. The van der Waals surface area contributed by atoms with Crippen molar-refractivity contribution in [3.63, 3.8) is 0 Å². The summed E-state index contributed by atoms with van der Waals surface area (Å²) in [4.78, 5) is 34.6. The largest absolute Gasteiger partial charge is 0.479 e. The van der Waals surface area contributed by atoms with Crippen LogP contribution in [0.25, 0.3) is 0 Å². The van der Waals surface area contributed by atoms with E-state index >= 15 is 0 Å². The van der Waals surface area contributed by atoms with Crippen molar-refractivity contribution in [3.05, 3.63) is 79.9 Å². The number of rotatable bonds is 10. The highest BCUT2D eigenvalue weighted by Crippen LogP contribution is 2.37. The lowest BCUT2D eigenvalue weighted by Crippen LogP contribution is -2.41. The first-order chi connectivity index (χ1) is 17.9. The van der Waals surface area contributed by atoms with Gasteiger partial charge < -0.3 is 35.2 Å². The standard InChI is InChI=1S/C23H20Cl2FN3O9/c1-10-4-11(26)2-3-16(10)38-17-7-15(25)14(24)6-13(17)21(33)28-12-5-18(30)29(27-8-12)9-37-23(36)20(32)19(31)22(34)35/h2-8,19-21,28,31-33H,9H2,1H3,(H,34,35). The summed E-state index contributed by atoms with van der Waals surface area (Å²) < 4.78 is 24.5. The Morgan fingerprint density at radius 3 is 2.39 bits per heavy atom. The van der Waals surface area contributed by atoms with Crippen LogP contribution in [-0.4, -0.2) is 54.4 Å². The molecule has 0 aliphatic rings. The maximum absolute atomic E-state index is 13.5. The van der Waals surface area contributed by atoms with Crippen LogP contribution < -0.4 is 15.6 Å². The number of carboxylic acids is 1. The van der Waals surface area contributed by atoms with Crippen LogP contribution >= 0.6 is 23.2 Å². The van der Waals surface area contributed by atoms with Crippen molar-refractivity contribution in [2.24, 2.45) is 0 Å². The molecule has 0 saturated carbocycles. The fourth-order valence-corrected chi connectivity index (χ4v) is 3.34. The minimum absolute atomic E-state index is 0.0291. The van der Waals surface area contributed by atoms with Crippen molar-refractivity contribution in [2.45, 2.75) is 32.1 Å². The zero-order valence-corrected chi connectivity index (χ0v) is 20.9. The lowest BCUT2D eigenvalue weighted by atomic mass is 10.1. The molecule has 3 atom stereocenters. The minimum Gasteiger partial charge on any atom is -0.479 e. The quantitative estimate of drug-likeness (QED) is 0.178. The van der Waals surface area contributed by atoms with E-state index in [4.69, 9.17) is 33.0 Å². The number of benzene rings is 2. The molecule has 5 N–H and O–H groups in total. The maximum atomic E-state index is 13.5. The number of aliphatic carboxylic acids is 1. The highest BCUT2D eigenvalue weighted by atomic mass is 35.5. The molecule has 0 radical (unpaired) electrons. The number of aliphatic hydroxyl groups excluding tert-OH is 3. The fraction of sp³-hybridized carbons (Fsp3) is 0.217. The first-order valence-corrected chi connectivity index (χ1v) is 11.3. The fourth-order valence-electron chi connectivity index (χ4n) is 3.01. The minimum atomic E-state index is -2.41. The number of carboxylic acid groups (broad SMARTS) is 1. The van der Waals surface area contributed by atoms with E-state index in [2.05, 4.69) is 15.2 Å². The van der Waals surface area contributed by atoms with Gasteiger partial charge in [-0.2, -0.15) is 9.78 Å². The summed E-state index contributed by atoms with van der Waals surface area (Å²) in [5.74, 6) is -3.42. The molecule has 15 heteroatoms. The normalized spacial score (nSPS) is 13.3. The Balaban J connectivity index is 1.75. The Hall–Kier alpha value is -3.75. The number of anilines is 1. The number of nitrogens with one attached hydrogen (secondary N) is 1. The number of ether oxygens (including phenoxy) is 2. The number of hydrogen-bond donors (Lipinski definition) is 5. The average Bonchev–Trinajstić information content (AvgIpc) is 2.85. The Kier molecular flexibility index (Phi) is 9.25. The van der Waals surface area contributed by atoms with Crippen LogP contribution in [0.1, 0.15) is 17.4 Å². The number of esters is 1. The molecule has 0 bridgehead atoms. The third-order valence-electron chi connectivity index (χ3n) is 5.00. The molecule has 0 fully saturated rings. The van der Waals surface area contributed by atoms with Gasteiger partial charge in [0.15, 0.2) is 25.2 Å². The van der Waals surface area contributed by atoms with Crippen LogP contribution in [0, 0.1) is 12.7 Å². The Labute approximate surface area is 223 Å². The van der Waals surface area contributed by atoms with E-state index in [-0.39, 0.29) is 32.8 Å². The predicted molar refractivity (Wildman–Crippen MR) is 130 cm³/mol. The number of carbonyl (C=O) groups excluding carboxylic acids is 1. The van der Waals surface area contributed by atoms with Crippen molar-refractivity contribution < 1.29 is 43.9 Å². The van der Waals surface area contributed by atoms with Gasteiger partial charge in [-0.15, -0.1) is 0 Å². The zero-order valence-electron chi connectivity index (χ0n) is 19.3. The number of aryl methyl sites for hydroxylation is 1. The molecule has 0 spiro atoms. The van der Waals surface area contributed by atoms with E-state index in [1.54, 1.807) is 6.92 Å². The third-order valence-corrected chi connectivity index (χ3v) is 5.72. The van der Waals surface area contributed by atoms with Gasteiger partial charge in [0, 0.05) is 17.7 Å². The molecular formula is C23H20Cl2FN3O9. The highest BCUT2D eigenvalue weighted by molar-refractivity contribution is 6.42. The van der Waals surface area contributed by atoms with E-state index in [1.165, 1.54) is 30.3 Å². The van der Waals surface area contributed by atoms with Crippen molar-refractivity contribution in [1.82, 2.24) is 9.78 Å². The van der Waals surface area contributed by atoms with Crippen LogP contribution in [0.2, 0.25) is 10.0 Å². The number of nitrogens with zero attached hydrogens (tertiary/aromatic N) is 2. The maximum Gasteiger partial charge on any atom is 0.340 e. The van der Waals surface area contributed by atoms with Gasteiger partial charge in [-0.1, -0.05) is 23.2 Å². The van der Waals surface area contributed by atoms with E-state index in [0.29, 0.717) is 10.2 Å². The third kappa shape index (κ3) is 6.96. The van der Waals surface area contributed by atoms with Crippen molar-refractivity contribution in [3.8, 4) is 11.5 Å². The van der Waals surface area contributed by atoms with E-state index in [0.717, 1.165) is 12.3 Å². The van der Waals surface area contributed by atoms with E-state index in [1.807, 2.05) is 0 Å². The molecule has 202 valence electrons. The van der Waals surface area contributed by atoms with Crippen LogP contribution in [0.3, 0.4) is 0 Å². The summed E-state index contributed by atoms with van der Waals surface area (Å²) in [6, 6.07) is 7.53. The molecule has 0 saturated heterocycles. The molecule has 3 unspecified atom stereocenters. The monoisotopic (exact) mass is 571 g/mol. The van der Waals surface area contributed by atoms with Gasteiger partial charge in [0.1, 0.15) is 17.3 Å². The Morgan fingerprint density at radius 2 is 1.76 bits per heavy atom. The molecule has 0 aliphatic carbocycles. The Morgan fingerprint density at radius 1 is 1.08 bits per heavy atom. The predicted octanol–water partition coefficient (Wildman–Crippen LogP) is 2.20. The van der Waals surface area contributed by atoms with Gasteiger partial charge in [-0.25, -0.2) is 14.0 Å². The number of carbonyl (C=O) groups is 2. The number of hydrogen-bond acceptors (Lipinski definition) is 10. The second-order valence-corrected chi connectivity index (χ2v) is 8.58. The average molecular weight is 572 g/mol. The van der Waals surface area contributed by atoms with Crippen molar-refractivity contribution in [2.75, 3.05) is 5.32 Å². The first-order valence-electron chi connectivity index (χ1n) is 10.6. The van der Waals surface area contributed by atoms with Crippen molar-refractivity contribution >= 4 is 40.8 Å². The highest BCUT2D eigenvalue weighted by Gasteiger charge is 2.31. The lowest BCUT2D eigenvalue weighted by Gasteiger charge is -2.20. The summed E-state index contributed by atoms with van der Waals surface area (Å²) in [5.41, 5.74) is -0.188. The van der Waals surface area contributed by atoms with Gasteiger partial charge in [-0.05, 0) is 36.8 Å². The molecule has 3 aromatic rings. The summed E-state index contributed by atoms with van der Waals surface area (Å²) in [6.45, 7) is 0.822. The Bertz CT molecular complexity index is 1420. The van der Waals surface area contributed by atoms with Crippen LogP contribution in [-0.2, 0) is 21.1 Å². The molecule has 1 aromatic heterocycles. The molecule has 1 heterocycles. The molecule has 3 rings (SSSR count). The number of aromatic nitrogens is 2.